The first-order chi connectivity index (χ1) is 5.68. The van der Waals surface area contributed by atoms with Gasteiger partial charge in [0.25, 0.3) is 0 Å². The number of hydrogen-bond donors (Lipinski definition) is 2. The van der Waals surface area contributed by atoms with Gasteiger partial charge in [-0.2, -0.15) is 0 Å². The molecular formula is C9H15NO2. The van der Waals surface area contributed by atoms with Crippen LogP contribution in [0, 0.1) is 12.3 Å². The minimum atomic E-state index is -0.924. The predicted octanol–water partition coefficient (Wildman–Crippen LogP) is 0.982. The SMILES string of the molecule is C#CCCCCC[C@@H](N)C(=O)O. The van der Waals surface area contributed by atoms with Crippen molar-refractivity contribution in [2.75, 3.05) is 0 Å². The fraction of sp³-hybridized carbons (Fsp3) is 0.667. The van der Waals surface area contributed by atoms with E-state index in [0.717, 1.165) is 25.7 Å². The topological polar surface area (TPSA) is 63.3 Å². The monoisotopic (exact) mass is 169 g/mol. The lowest BCUT2D eigenvalue weighted by molar-refractivity contribution is -0.138. The summed E-state index contributed by atoms with van der Waals surface area (Å²) in [5, 5.41) is 8.43. The number of unbranched alkanes of at least 4 members (excludes halogenated alkanes) is 3. The lowest BCUT2D eigenvalue weighted by Gasteiger charge is -2.04. The summed E-state index contributed by atoms with van der Waals surface area (Å²) in [5.74, 6) is 1.61. The summed E-state index contributed by atoms with van der Waals surface area (Å²) in [5.41, 5.74) is 5.29. The smallest absolute Gasteiger partial charge is 0.320 e. The van der Waals surface area contributed by atoms with Gasteiger partial charge in [-0.05, 0) is 12.8 Å². The molecule has 1 atom stereocenters. The quantitative estimate of drug-likeness (QED) is 0.460. The van der Waals surface area contributed by atoms with E-state index >= 15 is 0 Å². The fourth-order valence-electron chi connectivity index (χ4n) is 0.892. The van der Waals surface area contributed by atoms with Gasteiger partial charge in [-0.3, -0.25) is 4.79 Å². The summed E-state index contributed by atoms with van der Waals surface area (Å²) < 4.78 is 0. The minimum Gasteiger partial charge on any atom is -0.480 e. The number of carboxylic acids is 1. The Morgan fingerprint density at radius 2 is 2.17 bits per heavy atom. The average molecular weight is 169 g/mol. The summed E-state index contributed by atoms with van der Waals surface area (Å²) in [4.78, 5) is 10.3. The number of nitrogens with two attached hydrogens (primary N) is 1. The molecule has 0 aliphatic heterocycles. The molecule has 0 aromatic carbocycles. The highest BCUT2D eigenvalue weighted by atomic mass is 16.4. The first-order valence-corrected chi connectivity index (χ1v) is 4.10. The number of hydrogen-bond acceptors (Lipinski definition) is 2. The van der Waals surface area contributed by atoms with Crippen molar-refractivity contribution in [1.82, 2.24) is 0 Å². The van der Waals surface area contributed by atoms with Crippen molar-refractivity contribution in [3.63, 3.8) is 0 Å². The van der Waals surface area contributed by atoms with Crippen LogP contribution in [0.25, 0.3) is 0 Å². The van der Waals surface area contributed by atoms with E-state index in [9.17, 15) is 4.79 Å². The molecule has 0 saturated heterocycles. The van der Waals surface area contributed by atoms with Gasteiger partial charge in [0.05, 0.1) is 0 Å². The average Bonchev–Trinajstić information content (AvgIpc) is 2.03. The second-order valence-electron chi connectivity index (χ2n) is 2.75. The van der Waals surface area contributed by atoms with Crippen LogP contribution < -0.4 is 5.73 Å². The van der Waals surface area contributed by atoms with Crippen LogP contribution in [0.5, 0.6) is 0 Å². The summed E-state index contributed by atoms with van der Waals surface area (Å²) in [6.45, 7) is 0. The van der Waals surface area contributed by atoms with Gasteiger partial charge in [0.15, 0.2) is 0 Å². The fourth-order valence-corrected chi connectivity index (χ4v) is 0.892. The van der Waals surface area contributed by atoms with E-state index in [-0.39, 0.29) is 0 Å². The van der Waals surface area contributed by atoms with Crippen LogP contribution in [0.3, 0.4) is 0 Å². The standard InChI is InChI=1S/C9H15NO2/c1-2-3-4-5-6-7-8(10)9(11)12/h1,8H,3-7,10H2,(H,11,12)/t8-/m1/s1. The van der Waals surface area contributed by atoms with Crippen LogP contribution in [-0.4, -0.2) is 17.1 Å². The highest BCUT2D eigenvalue weighted by Crippen LogP contribution is 2.04. The van der Waals surface area contributed by atoms with Crippen LogP contribution >= 0.6 is 0 Å². The third-order valence-electron chi connectivity index (χ3n) is 1.65. The Morgan fingerprint density at radius 3 is 2.67 bits per heavy atom. The minimum absolute atomic E-state index is 0.542. The van der Waals surface area contributed by atoms with Gasteiger partial charge < -0.3 is 10.8 Å². The van der Waals surface area contributed by atoms with Crippen molar-refractivity contribution in [3.8, 4) is 12.3 Å². The Morgan fingerprint density at radius 1 is 1.50 bits per heavy atom. The van der Waals surface area contributed by atoms with Gasteiger partial charge in [0.2, 0.25) is 0 Å². The molecule has 3 nitrogen and oxygen atoms in total. The molecule has 0 bridgehead atoms. The van der Waals surface area contributed by atoms with Gasteiger partial charge in [-0.15, -0.1) is 12.3 Å². The number of carbonyl (C=O) groups is 1. The molecule has 3 heteroatoms. The maximum Gasteiger partial charge on any atom is 0.320 e. The van der Waals surface area contributed by atoms with E-state index in [1.54, 1.807) is 0 Å². The van der Waals surface area contributed by atoms with Gasteiger partial charge in [0, 0.05) is 6.42 Å². The lowest BCUT2D eigenvalue weighted by Crippen LogP contribution is -2.29. The maximum absolute atomic E-state index is 10.3. The largest absolute Gasteiger partial charge is 0.480 e. The second-order valence-corrected chi connectivity index (χ2v) is 2.75. The van der Waals surface area contributed by atoms with Crippen LogP contribution in [0.2, 0.25) is 0 Å². The molecule has 0 fully saturated rings. The molecular weight excluding hydrogens is 154 g/mol. The summed E-state index contributed by atoms with van der Waals surface area (Å²) in [7, 11) is 0. The van der Waals surface area contributed by atoms with Gasteiger partial charge in [-0.25, -0.2) is 0 Å². The van der Waals surface area contributed by atoms with Crippen molar-refractivity contribution >= 4 is 5.97 Å². The Balaban J connectivity index is 3.21. The highest BCUT2D eigenvalue weighted by molar-refractivity contribution is 5.72. The van der Waals surface area contributed by atoms with Crippen LogP contribution in [0.4, 0.5) is 0 Å². The van der Waals surface area contributed by atoms with Crippen molar-refractivity contribution < 1.29 is 9.90 Å². The number of aliphatic carboxylic acids is 1. The van der Waals surface area contributed by atoms with Crippen LogP contribution in [0.15, 0.2) is 0 Å². The molecule has 3 N–H and O–H groups in total. The normalized spacial score (nSPS) is 12.0. The number of carboxylic acid groups (broad SMARTS) is 1. The van der Waals surface area contributed by atoms with Crippen LogP contribution in [0.1, 0.15) is 32.1 Å². The molecule has 12 heavy (non-hydrogen) atoms. The zero-order valence-electron chi connectivity index (χ0n) is 7.12. The molecule has 0 aliphatic rings. The molecule has 0 aromatic heterocycles. The van der Waals surface area contributed by atoms with Crippen molar-refractivity contribution in [1.29, 1.82) is 0 Å². The zero-order valence-corrected chi connectivity index (χ0v) is 7.12. The first-order valence-electron chi connectivity index (χ1n) is 4.10. The lowest BCUT2D eigenvalue weighted by atomic mass is 10.1. The molecule has 0 rings (SSSR count). The number of rotatable bonds is 6. The summed E-state index contributed by atoms with van der Waals surface area (Å²) in [6, 6.07) is -0.712. The molecule has 0 amide bonds. The predicted molar refractivity (Wildman–Crippen MR) is 47.5 cm³/mol. The third-order valence-corrected chi connectivity index (χ3v) is 1.65. The Kier molecular flexibility index (Phi) is 6.12. The molecule has 0 unspecified atom stereocenters. The van der Waals surface area contributed by atoms with E-state index in [1.165, 1.54) is 0 Å². The maximum atomic E-state index is 10.3. The van der Waals surface area contributed by atoms with Crippen molar-refractivity contribution in [3.05, 3.63) is 0 Å². The Labute approximate surface area is 73.0 Å². The first kappa shape index (κ1) is 11.0. The summed E-state index contributed by atoms with van der Waals surface area (Å²) in [6.07, 6.45) is 9.12. The van der Waals surface area contributed by atoms with E-state index in [1.807, 2.05) is 0 Å². The third kappa shape index (κ3) is 5.75. The van der Waals surface area contributed by atoms with Gasteiger partial charge in [0.1, 0.15) is 6.04 Å². The molecule has 0 aromatic rings. The Hall–Kier alpha value is -1.01. The Bertz CT molecular complexity index is 172. The molecule has 0 aliphatic carbocycles. The second kappa shape index (κ2) is 6.68. The van der Waals surface area contributed by atoms with Crippen LogP contribution in [-0.2, 0) is 4.79 Å². The molecule has 0 spiro atoms. The highest BCUT2D eigenvalue weighted by Gasteiger charge is 2.09. The molecule has 0 heterocycles. The number of terminal acetylenes is 1. The molecule has 0 radical (unpaired) electrons. The van der Waals surface area contributed by atoms with Crippen molar-refractivity contribution in [2.24, 2.45) is 5.73 Å². The van der Waals surface area contributed by atoms with Gasteiger partial charge >= 0.3 is 5.97 Å². The van der Waals surface area contributed by atoms with E-state index in [2.05, 4.69) is 5.92 Å². The zero-order chi connectivity index (χ0) is 9.40. The van der Waals surface area contributed by atoms with Crippen molar-refractivity contribution in [2.45, 2.75) is 38.1 Å². The molecule has 68 valence electrons. The van der Waals surface area contributed by atoms with Gasteiger partial charge in [-0.1, -0.05) is 12.8 Å². The van der Waals surface area contributed by atoms with E-state index < -0.39 is 12.0 Å². The molecule has 0 saturated carbocycles. The van der Waals surface area contributed by atoms with E-state index in [4.69, 9.17) is 17.3 Å². The van der Waals surface area contributed by atoms with E-state index in [0.29, 0.717) is 6.42 Å². The summed E-state index contributed by atoms with van der Waals surface area (Å²) >= 11 is 0.